The highest BCUT2D eigenvalue weighted by atomic mass is 32.2. The third kappa shape index (κ3) is 4.51. The Hall–Kier alpha value is -3.35. The molecule has 3 heterocycles. The molecule has 0 bridgehead atoms. The summed E-state index contributed by atoms with van der Waals surface area (Å²) in [5.41, 5.74) is 0.229. The summed E-state index contributed by atoms with van der Waals surface area (Å²) in [5.74, 6) is 2.43. The predicted molar refractivity (Wildman–Crippen MR) is 127 cm³/mol. The molecule has 35 heavy (non-hydrogen) atoms. The zero-order chi connectivity index (χ0) is 24.6. The Kier molecular flexibility index (Phi) is 6.26. The van der Waals surface area contributed by atoms with Crippen LogP contribution >= 0.6 is 0 Å². The third-order valence-corrected chi connectivity index (χ3v) is 8.01. The van der Waals surface area contributed by atoms with E-state index in [1.807, 2.05) is 0 Å². The molecule has 0 saturated carbocycles. The van der Waals surface area contributed by atoms with Gasteiger partial charge in [0.15, 0.2) is 23.0 Å². The molecule has 1 saturated heterocycles. The van der Waals surface area contributed by atoms with Crippen molar-refractivity contribution < 1.29 is 27.4 Å². The zero-order valence-corrected chi connectivity index (χ0v) is 20.3. The van der Waals surface area contributed by atoms with Crippen molar-refractivity contribution in [3.8, 4) is 23.0 Å². The molecule has 12 heteroatoms. The molecule has 2 aliphatic rings. The Labute approximate surface area is 202 Å². The van der Waals surface area contributed by atoms with Crippen LogP contribution in [-0.2, 0) is 16.6 Å². The van der Waals surface area contributed by atoms with Crippen LogP contribution in [0.4, 0.5) is 0 Å². The van der Waals surface area contributed by atoms with Crippen molar-refractivity contribution in [3.05, 3.63) is 46.5 Å². The molecule has 2 aliphatic heterocycles. The van der Waals surface area contributed by atoms with E-state index in [1.165, 1.54) is 24.6 Å². The van der Waals surface area contributed by atoms with Crippen molar-refractivity contribution in [2.24, 2.45) is 0 Å². The van der Waals surface area contributed by atoms with E-state index in [-0.39, 0.29) is 10.5 Å². The van der Waals surface area contributed by atoms with Gasteiger partial charge in [-0.3, -0.25) is 9.69 Å². The number of methoxy groups -OCH3 is 2. The van der Waals surface area contributed by atoms with Crippen LogP contribution in [0.5, 0.6) is 23.0 Å². The molecular formula is C23H26N4O7S. The van der Waals surface area contributed by atoms with Crippen molar-refractivity contribution in [1.29, 1.82) is 0 Å². The normalized spacial score (nSPS) is 16.9. The Bertz CT molecular complexity index is 1420. The van der Waals surface area contributed by atoms with Gasteiger partial charge in [0.2, 0.25) is 10.0 Å². The first kappa shape index (κ1) is 23.4. The molecule has 0 amide bonds. The number of hydrogen-bond acceptors (Lipinski definition) is 9. The zero-order valence-electron chi connectivity index (χ0n) is 19.4. The molecule has 1 aromatic heterocycles. The number of rotatable bonds is 6. The molecule has 1 N–H and O–H groups in total. The molecule has 0 aliphatic carbocycles. The first-order valence-corrected chi connectivity index (χ1v) is 12.6. The number of sulfonamides is 1. The summed E-state index contributed by atoms with van der Waals surface area (Å²) in [7, 11) is -0.638. The smallest absolute Gasteiger partial charge is 0.258 e. The third-order valence-electron chi connectivity index (χ3n) is 6.12. The van der Waals surface area contributed by atoms with Gasteiger partial charge in [0.25, 0.3) is 5.56 Å². The van der Waals surface area contributed by atoms with Crippen molar-refractivity contribution in [2.75, 3.05) is 53.6 Å². The SMILES string of the molecule is COc1cc2nc(CN3CCN(S(=O)(=O)c4ccc5c(c4)OCCO5)CC3)[nH]c(=O)c2cc1OC. The van der Waals surface area contributed by atoms with Crippen molar-refractivity contribution in [1.82, 2.24) is 19.2 Å². The van der Waals surface area contributed by atoms with Crippen molar-refractivity contribution in [2.45, 2.75) is 11.4 Å². The minimum atomic E-state index is -3.67. The lowest BCUT2D eigenvalue weighted by Gasteiger charge is -2.33. The minimum Gasteiger partial charge on any atom is -0.493 e. The van der Waals surface area contributed by atoms with Crippen LogP contribution in [0.2, 0.25) is 0 Å². The van der Waals surface area contributed by atoms with Gasteiger partial charge in [-0.05, 0) is 18.2 Å². The number of hydrogen-bond donors (Lipinski definition) is 1. The lowest BCUT2D eigenvalue weighted by atomic mass is 10.2. The van der Waals surface area contributed by atoms with Gasteiger partial charge >= 0.3 is 0 Å². The van der Waals surface area contributed by atoms with Gasteiger partial charge in [0.1, 0.15) is 19.0 Å². The first-order valence-electron chi connectivity index (χ1n) is 11.2. The number of aromatic amines is 1. The van der Waals surface area contributed by atoms with Crippen LogP contribution in [0.1, 0.15) is 5.82 Å². The second-order valence-corrected chi connectivity index (χ2v) is 10.2. The molecule has 5 rings (SSSR count). The van der Waals surface area contributed by atoms with Crippen LogP contribution < -0.4 is 24.5 Å². The standard InChI is InChI=1S/C23H26N4O7S/c1-31-19-12-16-17(13-20(19)32-2)24-22(25-23(16)28)14-26-5-7-27(8-6-26)35(29,30)15-3-4-18-21(11-15)34-10-9-33-18/h3-4,11-13H,5-10,14H2,1-2H3,(H,24,25,28). The summed E-state index contributed by atoms with van der Waals surface area (Å²) < 4.78 is 49.4. The molecule has 0 atom stereocenters. The fourth-order valence-corrected chi connectivity index (χ4v) is 5.70. The van der Waals surface area contributed by atoms with Crippen LogP contribution in [0.15, 0.2) is 40.0 Å². The molecule has 0 spiro atoms. The van der Waals surface area contributed by atoms with Crippen molar-refractivity contribution >= 4 is 20.9 Å². The minimum absolute atomic E-state index is 0.181. The van der Waals surface area contributed by atoms with E-state index in [2.05, 4.69) is 14.9 Å². The van der Waals surface area contributed by atoms with E-state index in [0.29, 0.717) is 85.7 Å². The van der Waals surface area contributed by atoms with E-state index < -0.39 is 10.0 Å². The monoisotopic (exact) mass is 502 g/mol. The lowest BCUT2D eigenvalue weighted by molar-refractivity contribution is 0.170. The van der Waals surface area contributed by atoms with Gasteiger partial charge in [0, 0.05) is 38.3 Å². The van der Waals surface area contributed by atoms with Crippen LogP contribution in [0.3, 0.4) is 0 Å². The number of fused-ring (bicyclic) bond motifs is 2. The highest BCUT2D eigenvalue weighted by Gasteiger charge is 2.30. The van der Waals surface area contributed by atoms with Gasteiger partial charge < -0.3 is 23.9 Å². The number of H-pyrrole nitrogens is 1. The van der Waals surface area contributed by atoms with E-state index in [4.69, 9.17) is 18.9 Å². The summed E-state index contributed by atoms with van der Waals surface area (Å²) in [6.07, 6.45) is 0. The second kappa shape index (κ2) is 9.36. The number of piperazine rings is 1. The largest absolute Gasteiger partial charge is 0.493 e. The molecule has 11 nitrogen and oxygen atoms in total. The maximum atomic E-state index is 13.2. The summed E-state index contributed by atoms with van der Waals surface area (Å²) in [4.78, 5) is 22.3. The maximum absolute atomic E-state index is 13.2. The molecule has 0 unspecified atom stereocenters. The van der Waals surface area contributed by atoms with Crippen LogP contribution in [0.25, 0.3) is 10.9 Å². The van der Waals surface area contributed by atoms with E-state index in [0.717, 1.165) is 0 Å². The number of aromatic nitrogens is 2. The lowest BCUT2D eigenvalue weighted by Crippen LogP contribution is -2.48. The van der Waals surface area contributed by atoms with E-state index in [1.54, 1.807) is 24.3 Å². The number of nitrogens with zero attached hydrogens (tertiary/aromatic N) is 3. The summed E-state index contributed by atoms with van der Waals surface area (Å²) in [5, 5.41) is 0.404. The fourth-order valence-electron chi connectivity index (χ4n) is 4.26. The second-order valence-electron chi connectivity index (χ2n) is 8.22. The predicted octanol–water partition coefficient (Wildman–Crippen LogP) is 1.22. The van der Waals surface area contributed by atoms with E-state index in [9.17, 15) is 13.2 Å². The molecule has 2 aromatic carbocycles. The van der Waals surface area contributed by atoms with E-state index >= 15 is 0 Å². The van der Waals surface area contributed by atoms with Gasteiger partial charge in [-0.1, -0.05) is 0 Å². The molecule has 0 radical (unpaired) electrons. The average molecular weight is 503 g/mol. The average Bonchev–Trinajstić information content (AvgIpc) is 2.88. The Morgan fingerprint density at radius 1 is 0.971 bits per heavy atom. The number of nitrogens with one attached hydrogen (secondary N) is 1. The summed E-state index contributed by atoms with van der Waals surface area (Å²) in [6, 6.07) is 7.96. The molecule has 186 valence electrons. The Morgan fingerprint density at radius 2 is 1.66 bits per heavy atom. The van der Waals surface area contributed by atoms with Gasteiger partial charge in [-0.25, -0.2) is 13.4 Å². The molecule has 3 aromatic rings. The maximum Gasteiger partial charge on any atom is 0.258 e. The van der Waals surface area contributed by atoms with Crippen LogP contribution in [0, 0.1) is 0 Å². The van der Waals surface area contributed by atoms with Gasteiger partial charge in [-0.15, -0.1) is 0 Å². The van der Waals surface area contributed by atoms with Crippen LogP contribution in [-0.4, -0.2) is 81.2 Å². The first-order chi connectivity index (χ1) is 16.9. The molecular weight excluding hydrogens is 476 g/mol. The summed E-state index contributed by atoms with van der Waals surface area (Å²) >= 11 is 0. The summed E-state index contributed by atoms with van der Waals surface area (Å²) in [6.45, 7) is 2.85. The fraction of sp³-hybridized carbons (Fsp3) is 0.391. The van der Waals surface area contributed by atoms with Crippen molar-refractivity contribution in [3.63, 3.8) is 0 Å². The highest BCUT2D eigenvalue weighted by Crippen LogP contribution is 2.33. The Morgan fingerprint density at radius 3 is 2.37 bits per heavy atom. The van der Waals surface area contributed by atoms with Gasteiger partial charge in [-0.2, -0.15) is 4.31 Å². The topological polar surface area (TPSA) is 123 Å². The van der Waals surface area contributed by atoms with Gasteiger partial charge in [0.05, 0.1) is 36.6 Å². The quantitative estimate of drug-likeness (QED) is 0.530. The highest BCUT2D eigenvalue weighted by molar-refractivity contribution is 7.89. The molecule has 1 fully saturated rings. The Balaban J connectivity index is 1.29. The number of benzene rings is 2. The number of ether oxygens (including phenoxy) is 4.